The largest absolute Gasteiger partial charge is 0.399 e. The average molecular weight is 573 g/mol. The SMILES string of the molecule is CN(CC(=O)N[C@@H](CCCCN)C(=O)C(=O)Nc1cccc(N)c1)C(=O)c1ccccc1Sc1ccccc1C#N. The lowest BCUT2D eigenvalue weighted by atomic mass is 10.0. The Hall–Kier alpha value is -4.66. The van der Waals surface area contributed by atoms with Gasteiger partial charge in [-0.15, -0.1) is 0 Å². The summed E-state index contributed by atoms with van der Waals surface area (Å²) in [5.74, 6) is -2.71. The number of hydrogen-bond donors (Lipinski definition) is 4. The molecule has 0 spiro atoms. The fourth-order valence-electron chi connectivity index (χ4n) is 3.96. The van der Waals surface area contributed by atoms with E-state index in [2.05, 4.69) is 16.7 Å². The van der Waals surface area contributed by atoms with Crippen LogP contribution in [0, 0.1) is 11.3 Å². The molecule has 0 aromatic heterocycles. The van der Waals surface area contributed by atoms with Gasteiger partial charge in [0.1, 0.15) is 6.07 Å². The molecule has 0 saturated heterocycles. The summed E-state index contributed by atoms with van der Waals surface area (Å²) in [6.07, 6.45) is 1.34. The smallest absolute Gasteiger partial charge is 0.293 e. The van der Waals surface area contributed by atoms with Gasteiger partial charge in [0.15, 0.2) is 0 Å². The quantitative estimate of drug-likeness (QED) is 0.137. The minimum absolute atomic E-state index is 0.210. The first-order chi connectivity index (χ1) is 19.7. The van der Waals surface area contributed by atoms with E-state index in [1.807, 2.05) is 6.07 Å². The second-order valence-corrected chi connectivity index (χ2v) is 10.3. The molecule has 212 valence electrons. The van der Waals surface area contributed by atoms with Gasteiger partial charge < -0.3 is 27.0 Å². The third-order valence-corrected chi connectivity index (χ3v) is 7.19. The Kier molecular flexibility index (Phi) is 11.5. The van der Waals surface area contributed by atoms with E-state index in [1.54, 1.807) is 60.7 Å². The molecule has 0 unspecified atom stereocenters. The zero-order chi connectivity index (χ0) is 29.8. The standard InChI is InChI=1S/C30H32N6O4S/c1-36(30(40)23-12-3-5-15-26(23)41-25-14-4-2-9-20(25)18-32)19-27(37)35-24(13-6-7-16-31)28(38)29(39)34-22-11-8-10-21(33)17-22/h2-5,8-12,14-15,17,24H,6-7,13,16,19,31,33H2,1H3,(H,34,39)(H,35,37)/t24-/m0/s1. The molecular formula is C30H32N6O4S. The van der Waals surface area contributed by atoms with Gasteiger partial charge in [0.05, 0.1) is 23.7 Å². The van der Waals surface area contributed by atoms with Crippen LogP contribution in [-0.4, -0.2) is 54.6 Å². The molecule has 10 nitrogen and oxygen atoms in total. The van der Waals surface area contributed by atoms with Gasteiger partial charge >= 0.3 is 0 Å². The number of amides is 3. The number of nitrogens with one attached hydrogen (secondary N) is 2. The Labute approximate surface area is 243 Å². The van der Waals surface area contributed by atoms with Crippen molar-refractivity contribution in [3.63, 3.8) is 0 Å². The number of carbonyl (C=O) groups excluding carboxylic acids is 4. The normalized spacial score (nSPS) is 11.1. The Bertz CT molecular complexity index is 1450. The van der Waals surface area contributed by atoms with Crippen molar-refractivity contribution in [2.24, 2.45) is 5.73 Å². The Morgan fingerprint density at radius 2 is 1.68 bits per heavy atom. The number of carbonyl (C=O) groups is 4. The molecule has 0 aliphatic rings. The summed E-state index contributed by atoms with van der Waals surface area (Å²) in [4.78, 5) is 54.5. The number of unbranched alkanes of at least 4 members (excludes halogenated alkanes) is 1. The van der Waals surface area contributed by atoms with Crippen molar-refractivity contribution in [2.45, 2.75) is 35.1 Å². The first-order valence-corrected chi connectivity index (χ1v) is 13.8. The molecule has 0 fully saturated rings. The van der Waals surface area contributed by atoms with Crippen LogP contribution in [0.25, 0.3) is 0 Å². The van der Waals surface area contributed by atoms with Crippen molar-refractivity contribution in [1.82, 2.24) is 10.2 Å². The highest BCUT2D eigenvalue weighted by atomic mass is 32.2. The lowest BCUT2D eigenvalue weighted by Crippen LogP contribution is -2.49. The van der Waals surface area contributed by atoms with Crippen LogP contribution in [0.15, 0.2) is 82.6 Å². The number of likely N-dealkylation sites (N-methyl/N-ethyl adjacent to an activating group) is 1. The molecular weight excluding hydrogens is 540 g/mol. The Balaban J connectivity index is 1.69. The number of Topliss-reactive ketones (excluding diaryl/α,β-unsaturated/α-hetero) is 1. The summed E-state index contributed by atoms with van der Waals surface area (Å²) in [7, 11) is 1.48. The van der Waals surface area contributed by atoms with Gasteiger partial charge in [-0.3, -0.25) is 19.2 Å². The fraction of sp³-hybridized carbons (Fsp3) is 0.233. The molecule has 11 heteroatoms. The van der Waals surface area contributed by atoms with Crippen molar-refractivity contribution in [3.8, 4) is 6.07 Å². The number of ketones is 1. The predicted molar refractivity (Wildman–Crippen MR) is 158 cm³/mol. The number of nitrogens with two attached hydrogens (primary N) is 2. The zero-order valence-corrected chi connectivity index (χ0v) is 23.4. The van der Waals surface area contributed by atoms with Crippen molar-refractivity contribution in [2.75, 3.05) is 31.2 Å². The van der Waals surface area contributed by atoms with Crippen LogP contribution >= 0.6 is 11.8 Å². The van der Waals surface area contributed by atoms with E-state index < -0.39 is 29.5 Å². The fourth-order valence-corrected chi connectivity index (χ4v) is 4.98. The van der Waals surface area contributed by atoms with Gasteiger partial charge in [0.25, 0.3) is 11.8 Å². The van der Waals surface area contributed by atoms with E-state index >= 15 is 0 Å². The maximum Gasteiger partial charge on any atom is 0.293 e. The molecule has 3 rings (SSSR count). The van der Waals surface area contributed by atoms with Gasteiger partial charge in [-0.25, -0.2) is 0 Å². The third-order valence-electron chi connectivity index (χ3n) is 6.04. The predicted octanol–water partition coefficient (Wildman–Crippen LogP) is 3.19. The molecule has 0 heterocycles. The van der Waals surface area contributed by atoms with E-state index in [0.29, 0.717) is 51.7 Å². The van der Waals surface area contributed by atoms with Crippen LogP contribution in [0.2, 0.25) is 0 Å². The van der Waals surface area contributed by atoms with E-state index in [4.69, 9.17) is 11.5 Å². The van der Waals surface area contributed by atoms with Gasteiger partial charge in [-0.1, -0.05) is 42.1 Å². The Morgan fingerprint density at radius 1 is 0.976 bits per heavy atom. The highest BCUT2D eigenvalue weighted by molar-refractivity contribution is 7.99. The van der Waals surface area contributed by atoms with Gasteiger partial charge in [-0.2, -0.15) is 5.26 Å². The Morgan fingerprint density at radius 3 is 2.39 bits per heavy atom. The van der Waals surface area contributed by atoms with Gasteiger partial charge in [0, 0.05) is 28.2 Å². The number of hydrogen-bond acceptors (Lipinski definition) is 8. The molecule has 0 radical (unpaired) electrons. The van der Waals surface area contributed by atoms with Crippen molar-refractivity contribution < 1.29 is 19.2 Å². The molecule has 3 aromatic rings. The topological polar surface area (TPSA) is 171 Å². The molecule has 0 bridgehead atoms. The minimum atomic E-state index is -1.09. The number of rotatable bonds is 13. The van der Waals surface area contributed by atoms with Crippen LogP contribution in [0.5, 0.6) is 0 Å². The number of benzene rings is 3. The highest BCUT2D eigenvalue weighted by Gasteiger charge is 2.28. The first-order valence-electron chi connectivity index (χ1n) is 12.9. The molecule has 1 atom stereocenters. The average Bonchev–Trinajstić information content (AvgIpc) is 2.96. The van der Waals surface area contributed by atoms with E-state index in [9.17, 15) is 24.4 Å². The molecule has 3 amide bonds. The summed E-state index contributed by atoms with van der Waals surface area (Å²) in [5.41, 5.74) is 12.9. The summed E-state index contributed by atoms with van der Waals surface area (Å²) in [5, 5.41) is 14.5. The van der Waals surface area contributed by atoms with Crippen LogP contribution in [0.1, 0.15) is 35.2 Å². The molecule has 0 aliphatic heterocycles. The van der Waals surface area contributed by atoms with Gasteiger partial charge in [0.2, 0.25) is 11.7 Å². The summed E-state index contributed by atoms with van der Waals surface area (Å²) in [6, 6.07) is 21.4. The first kappa shape index (κ1) is 30.9. The maximum absolute atomic E-state index is 13.3. The van der Waals surface area contributed by atoms with E-state index in [1.165, 1.54) is 29.8 Å². The van der Waals surface area contributed by atoms with Crippen molar-refractivity contribution >= 4 is 46.6 Å². The van der Waals surface area contributed by atoms with Crippen molar-refractivity contribution in [3.05, 3.63) is 83.9 Å². The lowest BCUT2D eigenvalue weighted by molar-refractivity contribution is -0.137. The highest BCUT2D eigenvalue weighted by Crippen LogP contribution is 2.33. The summed E-state index contributed by atoms with van der Waals surface area (Å²) < 4.78 is 0. The summed E-state index contributed by atoms with van der Waals surface area (Å²) >= 11 is 1.28. The number of anilines is 2. The second kappa shape index (κ2) is 15.2. The van der Waals surface area contributed by atoms with Crippen LogP contribution in [0.3, 0.4) is 0 Å². The van der Waals surface area contributed by atoms with Crippen LogP contribution in [-0.2, 0) is 14.4 Å². The van der Waals surface area contributed by atoms with Gasteiger partial charge in [-0.05, 0) is 68.3 Å². The minimum Gasteiger partial charge on any atom is -0.399 e. The number of nitrogen functional groups attached to an aromatic ring is 1. The second-order valence-electron chi connectivity index (χ2n) is 9.22. The molecule has 0 aliphatic carbocycles. The number of nitriles is 1. The molecule has 41 heavy (non-hydrogen) atoms. The molecule has 0 saturated carbocycles. The zero-order valence-electron chi connectivity index (χ0n) is 22.6. The van der Waals surface area contributed by atoms with E-state index in [0.717, 1.165) is 0 Å². The monoisotopic (exact) mass is 572 g/mol. The molecule has 3 aromatic carbocycles. The lowest BCUT2D eigenvalue weighted by Gasteiger charge is -2.21. The van der Waals surface area contributed by atoms with E-state index in [-0.39, 0.29) is 13.0 Å². The summed E-state index contributed by atoms with van der Waals surface area (Å²) in [6.45, 7) is 0.0575. The third kappa shape index (κ3) is 8.93. The van der Waals surface area contributed by atoms with Crippen molar-refractivity contribution in [1.29, 1.82) is 5.26 Å². The van der Waals surface area contributed by atoms with Crippen LogP contribution in [0.4, 0.5) is 11.4 Å². The maximum atomic E-state index is 13.3. The molecule has 6 N–H and O–H groups in total. The van der Waals surface area contributed by atoms with Crippen LogP contribution < -0.4 is 22.1 Å². The number of nitrogens with zero attached hydrogens (tertiary/aromatic N) is 2.